The van der Waals surface area contributed by atoms with E-state index >= 15 is 0 Å². The van der Waals surface area contributed by atoms with Crippen LogP contribution in [-0.4, -0.2) is 86.3 Å². The highest BCUT2D eigenvalue weighted by Crippen LogP contribution is 2.44. The lowest BCUT2D eigenvalue weighted by molar-refractivity contribution is 0.488. The van der Waals surface area contributed by atoms with E-state index in [1.54, 1.807) is 0 Å². The summed E-state index contributed by atoms with van der Waals surface area (Å²) in [5.41, 5.74) is 8.07. The Morgan fingerprint density at radius 2 is 1.11 bits per heavy atom. The molecule has 0 bridgehead atoms. The van der Waals surface area contributed by atoms with Crippen LogP contribution in [0, 0.1) is 0 Å². The summed E-state index contributed by atoms with van der Waals surface area (Å²) in [6, 6.07) is 19.4. The van der Waals surface area contributed by atoms with Gasteiger partial charge in [0.15, 0.2) is 0 Å². The van der Waals surface area contributed by atoms with Crippen molar-refractivity contribution in [1.29, 1.82) is 0 Å². The third kappa shape index (κ3) is 8.88. The average Bonchev–Trinajstić information content (AvgIpc) is 3.80. The van der Waals surface area contributed by atoms with Gasteiger partial charge in [0.1, 0.15) is 11.7 Å². The van der Waals surface area contributed by atoms with Crippen molar-refractivity contribution in [2.45, 2.75) is 5.92 Å². The van der Waals surface area contributed by atoms with Crippen molar-refractivity contribution < 1.29 is 25.9 Å². The van der Waals surface area contributed by atoms with Gasteiger partial charge in [-0.3, -0.25) is 19.1 Å². The topological polar surface area (TPSA) is 189 Å². The molecule has 0 fully saturated rings. The van der Waals surface area contributed by atoms with Crippen LogP contribution in [0.25, 0.3) is 21.8 Å². The SMILES string of the molecule is Brc1cccc(Br)c1C(c1c[nH]c2cc(C3=NCCN3)ccc12)c1c[nH]c2cc(C3=NCCN3)ccc12.CS(=O)(=O)O.CS(=O)(=O)O. The zero-order valence-corrected chi connectivity index (χ0v) is 30.1. The normalized spacial score (nSPS) is 14.5. The standard InChI is InChI=1S/C29H24Br2N6.2CH4O3S/c30-22-2-1-3-23(31)27(22)26(20-14-36-24-12-16(4-6-18(20)24)28-32-8-9-33-28)21-15-37-25-13-17(5-7-19(21)25)29-34-10-11-35-29;2*1-5(2,3)4/h1-7,12-15,26,36-37H,8-11H2,(H,32,33)(H,34,35);2*1H3,(H,2,3,4). The Balaban J connectivity index is 0.000000382. The molecule has 248 valence electrons. The van der Waals surface area contributed by atoms with Crippen LogP contribution < -0.4 is 10.6 Å². The molecule has 0 aliphatic carbocycles. The molecule has 2 aromatic heterocycles. The number of benzene rings is 3. The number of H-pyrrole nitrogens is 2. The van der Waals surface area contributed by atoms with Gasteiger partial charge in [0.05, 0.1) is 25.6 Å². The maximum atomic E-state index is 9.19. The number of aromatic amines is 2. The highest BCUT2D eigenvalue weighted by atomic mass is 79.9. The zero-order chi connectivity index (χ0) is 33.9. The fourth-order valence-electron chi connectivity index (χ4n) is 5.52. The van der Waals surface area contributed by atoms with Gasteiger partial charge in [0.2, 0.25) is 0 Å². The summed E-state index contributed by atoms with van der Waals surface area (Å²) in [6.45, 7) is 3.45. The van der Waals surface area contributed by atoms with Gasteiger partial charge in [-0.2, -0.15) is 16.8 Å². The molecule has 0 atom stereocenters. The summed E-state index contributed by atoms with van der Waals surface area (Å²) < 4.78 is 53.9. The number of hydrogen-bond acceptors (Lipinski definition) is 8. The monoisotopic (exact) mass is 806 g/mol. The molecule has 4 heterocycles. The summed E-state index contributed by atoms with van der Waals surface area (Å²) in [5, 5.41) is 9.16. The van der Waals surface area contributed by atoms with Crippen molar-refractivity contribution in [1.82, 2.24) is 20.6 Å². The lowest BCUT2D eigenvalue weighted by atomic mass is 9.84. The van der Waals surface area contributed by atoms with Gasteiger partial charge in [-0.05, 0) is 41.0 Å². The first-order valence-corrected chi connectivity index (χ1v) is 19.5. The summed E-state index contributed by atoms with van der Waals surface area (Å²) in [4.78, 5) is 16.3. The van der Waals surface area contributed by atoms with E-state index < -0.39 is 20.2 Å². The fraction of sp³-hybridized carbons (Fsp3) is 0.226. The zero-order valence-electron chi connectivity index (χ0n) is 25.3. The number of halogens is 2. The quantitative estimate of drug-likeness (QED) is 0.133. The summed E-state index contributed by atoms with van der Waals surface area (Å²) >= 11 is 7.72. The van der Waals surface area contributed by atoms with Crippen molar-refractivity contribution >= 4 is 85.6 Å². The molecule has 2 aliphatic heterocycles. The molecule has 47 heavy (non-hydrogen) atoms. The van der Waals surface area contributed by atoms with E-state index in [1.807, 2.05) is 0 Å². The second-order valence-corrected chi connectivity index (χ2v) is 15.5. The lowest BCUT2D eigenvalue weighted by Crippen LogP contribution is -2.19. The number of aromatic nitrogens is 2. The van der Waals surface area contributed by atoms with Crippen molar-refractivity contribution in [3.8, 4) is 0 Å². The van der Waals surface area contributed by atoms with Crippen molar-refractivity contribution in [3.63, 3.8) is 0 Å². The Labute approximate surface area is 288 Å². The number of nitrogens with one attached hydrogen (secondary N) is 4. The van der Waals surface area contributed by atoms with Gasteiger partial charge in [-0.1, -0.05) is 62.2 Å². The molecule has 7 rings (SSSR count). The van der Waals surface area contributed by atoms with Crippen molar-refractivity contribution in [2.75, 3.05) is 38.7 Å². The Hall–Kier alpha value is -3.54. The minimum atomic E-state index is -3.67. The smallest absolute Gasteiger partial charge is 0.261 e. The number of nitrogens with zero attached hydrogens (tertiary/aromatic N) is 2. The van der Waals surface area contributed by atoms with Crippen LogP contribution in [-0.2, 0) is 20.2 Å². The Morgan fingerprint density at radius 1 is 0.702 bits per heavy atom. The number of fused-ring (bicyclic) bond motifs is 2. The largest absolute Gasteiger partial charge is 0.368 e. The van der Waals surface area contributed by atoms with E-state index in [9.17, 15) is 16.8 Å². The molecular weight excluding hydrogens is 776 g/mol. The predicted octanol–water partition coefficient (Wildman–Crippen LogP) is 5.06. The van der Waals surface area contributed by atoms with Crippen LogP contribution >= 0.6 is 31.9 Å². The molecule has 5 aromatic rings. The maximum absolute atomic E-state index is 9.19. The van der Waals surface area contributed by atoms with E-state index in [4.69, 9.17) is 9.11 Å². The highest BCUT2D eigenvalue weighted by Gasteiger charge is 2.27. The number of rotatable bonds is 5. The van der Waals surface area contributed by atoms with Gasteiger partial charge in [0, 0.05) is 73.3 Å². The molecule has 3 aromatic carbocycles. The predicted molar refractivity (Wildman–Crippen MR) is 193 cm³/mol. The van der Waals surface area contributed by atoms with Gasteiger partial charge in [-0.25, -0.2) is 0 Å². The van der Waals surface area contributed by atoms with E-state index in [0.29, 0.717) is 12.5 Å². The van der Waals surface area contributed by atoms with Crippen LogP contribution in [0.3, 0.4) is 0 Å². The first-order chi connectivity index (χ1) is 22.2. The molecule has 0 unspecified atom stereocenters. The Morgan fingerprint density at radius 3 is 1.47 bits per heavy atom. The maximum Gasteiger partial charge on any atom is 0.261 e. The molecular formula is C31H32Br2N6O6S2. The first-order valence-electron chi connectivity index (χ1n) is 14.3. The Kier molecular flexibility index (Phi) is 10.6. The average molecular weight is 809 g/mol. The van der Waals surface area contributed by atoms with Crippen LogP contribution in [0.15, 0.2) is 85.9 Å². The molecule has 6 N–H and O–H groups in total. The molecule has 0 saturated carbocycles. The third-order valence-electron chi connectivity index (χ3n) is 7.23. The molecule has 0 radical (unpaired) electrons. The van der Waals surface area contributed by atoms with Gasteiger partial charge in [-0.15, -0.1) is 0 Å². The lowest BCUT2D eigenvalue weighted by Gasteiger charge is -2.20. The molecule has 0 saturated heterocycles. The fourth-order valence-corrected chi connectivity index (χ4v) is 6.97. The minimum Gasteiger partial charge on any atom is -0.368 e. The van der Waals surface area contributed by atoms with Crippen LogP contribution in [0.4, 0.5) is 0 Å². The third-order valence-corrected chi connectivity index (χ3v) is 8.62. The Bertz CT molecular complexity index is 2060. The number of amidine groups is 2. The summed E-state index contributed by atoms with van der Waals surface area (Å²) in [5.74, 6) is 1.93. The van der Waals surface area contributed by atoms with Crippen molar-refractivity contribution in [3.05, 3.63) is 104 Å². The van der Waals surface area contributed by atoms with Crippen molar-refractivity contribution in [2.24, 2.45) is 9.98 Å². The second-order valence-electron chi connectivity index (χ2n) is 10.9. The molecule has 16 heteroatoms. The van der Waals surface area contributed by atoms with E-state index in [-0.39, 0.29) is 5.92 Å². The molecule has 12 nitrogen and oxygen atoms in total. The van der Waals surface area contributed by atoms with Gasteiger partial charge >= 0.3 is 0 Å². The minimum absolute atomic E-state index is 0.00644. The number of hydrogen-bond donors (Lipinski definition) is 6. The van der Waals surface area contributed by atoms with Gasteiger partial charge in [0.25, 0.3) is 20.2 Å². The second kappa shape index (κ2) is 14.3. The van der Waals surface area contributed by atoms with Crippen LogP contribution in [0.5, 0.6) is 0 Å². The summed E-state index contributed by atoms with van der Waals surface area (Å²) in [7, 11) is -7.33. The molecule has 2 aliphatic rings. The first kappa shape index (κ1) is 34.8. The highest BCUT2D eigenvalue weighted by molar-refractivity contribution is 9.11. The molecule has 0 amide bonds. The van der Waals surface area contributed by atoms with E-state index in [0.717, 1.165) is 69.0 Å². The van der Waals surface area contributed by atoms with E-state index in [1.165, 1.54) is 27.5 Å². The summed E-state index contributed by atoms with van der Waals surface area (Å²) in [6.07, 6.45) is 5.73. The van der Waals surface area contributed by atoms with E-state index in [2.05, 4.69) is 129 Å². The number of aliphatic imine (C=N–C) groups is 2. The van der Waals surface area contributed by atoms with Crippen LogP contribution in [0.2, 0.25) is 0 Å². The molecule has 0 spiro atoms. The van der Waals surface area contributed by atoms with Crippen LogP contribution in [0.1, 0.15) is 33.7 Å². The van der Waals surface area contributed by atoms with Gasteiger partial charge < -0.3 is 20.6 Å².